The molecule has 7 heteroatoms. The van der Waals surface area contributed by atoms with Gasteiger partial charge in [-0.3, -0.25) is 4.79 Å². The molecule has 1 aromatic rings. The van der Waals surface area contributed by atoms with Crippen molar-refractivity contribution in [1.29, 1.82) is 0 Å². The highest BCUT2D eigenvalue weighted by Gasteiger charge is 2.45. The van der Waals surface area contributed by atoms with Gasteiger partial charge in [0.2, 0.25) is 5.91 Å². The van der Waals surface area contributed by atoms with Gasteiger partial charge in [-0.1, -0.05) is 18.2 Å². The largest absolute Gasteiger partial charge is 0.453 e. The Labute approximate surface area is 127 Å². The van der Waals surface area contributed by atoms with Crippen LogP contribution in [0.3, 0.4) is 0 Å². The summed E-state index contributed by atoms with van der Waals surface area (Å²) in [5.41, 5.74) is 0.310. The standard InChI is InChI=1S/C15H19NO6/c1-8-12(18)13(11(15(20)21-8)16-9(2)17)22-14(19)10-6-4-3-5-7-10/h3-8,11-13,15,18,20H,1-2H3,(H,16,17)/t8-,11-,12-,13-,15+/m1/s1. The molecule has 1 aromatic carbocycles. The van der Waals surface area contributed by atoms with Crippen LogP contribution in [0.5, 0.6) is 0 Å². The van der Waals surface area contributed by atoms with Gasteiger partial charge in [-0.2, -0.15) is 0 Å². The quantitative estimate of drug-likeness (QED) is 0.669. The molecule has 0 saturated carbocycles. The third kappa shape index (κ3) is 3.62. The van der Waals surface area contributed by atoms with E-state index in [1.807, 2.05) is 0 Å². The van der Waals surface area contributed by atoms with Crippen molar-refractivity contribution >= 4 is 11.9 Å². The van der Waals surface area contributed by atoms with Crippen molar-refractivity contribution in [3.05, 3.63) is 35.9 Å². The second-order valence-corrected chi connectivity index (χ2v) is 5.18. The van der Waals surface area contributed by atoms with Crippen LogP contribution in [0.15, 0.2) is 30.3 Å². The Kier molecular flexibility index (Phi) is 5.12. The summed E-state index contributed by atoms with van der Waals surface area (Å²) in [5, 5.41) is 22.5. The number of carbonyl (C=O) groups excluding carboxylic acids is 2. The first-order chi connectivity index (χ1) is 10.4. The van der Waals surface area contributed by atoms with E-state index in [1.165, 1.54) is 6.92 Å². The summed E-state index contributed by atoms with van der Waals surface area (Å²) in [5.74, 6) is -1.09. The number of aliphatic hydroxyl groups is 2. The number of hydrogen-bond acceptors (Lipinski definition) is 6. The van der Waals surface area contributed by atoms with Crippen LogP contribution in [-0.2, 0) is 14.3 Å². The molecule has 120 valence electrons. The van der Waals surface area contributed by atoms with E-state index in [1.54, 1.807) is 37.3 Å². The van der Waals surface area contributed by atoms with Crippen LogP contribution >= 0.6 is 0 Å². The normalized spacial score (nSPS) is 31.4. The van der Waals surface area contributed by atoms with E-state index in [0.717, 1.165) is 0 Å². The molecular weight excluding hydrogens is 290 g/mol. The van der Waals surface area contributed by atoms with E-state index in [0.29, 0.717) is 5.56 Å². The second kappa shape index (κ2) is 6.87. The predicted octanol–water partition coefficient (Wildman–Crippen LogP) is -0.185. The number of aliphatic hydroxyl groups excluding tert-OH is 2. The third-order valence-corrected chi connectivity index (χ3v) is 3.46. The number of ether oxygens (including phenoxy) is 2. The van der Waals surface area contributed by atoms with Crippen molar-refractivity contribution < 1.29 is 29.3 Å². The van der Waals surface area contributed by atoms with Crippen LogP contribution in [0.25, 0.3) is 0 Å². The molecule has 5 atom stereocenters. The summed E-state index contributed by atoms with van der Waals surface area (Å²) in [4.78, 5) is 23.4. The van der Waals surface area contributed by atoms with Crippen molar-refractivity contribution in [2.24, 2.45) is 0 Å². The zero-order valence-corrected chi connectivity index (χ0v) is 12.3. The minimum absolute atomic E-state index is 0.310. The van der Waals surface area contributed by atoms with Crippen molar-refractivity contribution in [3.63, 3.8) is 0 Å². The molecule has 0 unspecified atom stereocenters. The van der Waals surface area contributed by atoms with Gasteiger partial charge in [0.25, 0.3) is 0 Å². The van der Waals surface area contributed by atoms with E-state index >= 15 is 0 Å². The molecule has 0 aromatic heterocycles. The number of benzene rings is 1. The Morgan fingerprint density at radius 1 is 1.23 bits per heavy atom. The van der Waals surface area contributed by atoms with Gasteiger partial charge in [0.15, 0.2) is 12.4 Å². The summed E-state index contributed by atoms with van der Waals surface area (Å²) >= 11 is 0. The Bertz CT molecular complexity index is 534. The lowest BCUT2D eigenvalue weighted by Crippen LogP contribution is -2.63. The van der Waals surface area contributed by atoms with Gasteiger partial charge in [-0.15, -0.1) is 0 Å². The Hall–Kier alpha value is -1.96. The van der Waals surface area contributed by atoms with Gasteiger partial charge in [0.05, 0.1) is 11.7 Å². The third-order valence-electron chi connectivity index (χ3n) is 3.46. The molecule has 0 spiro atoms. The van der Waals surface area contributed by atoms with Crippen LogP contribution in [0.4, 0.5) is 0 Å². The van der Waals surface area contributed by atoms with E-state index in [4.69, 9.17) is 9.47 Å². The first-order valence-corrected chi connectivity index (χ1v) is 6.95. The topological polar surface area (TPSA) is 105 Å². The van der Waals surface area contributed by atoms with Gasteiger partial charge in [0, 0.05) is 6.92 Å². The average Bonchev–Trinajstić information content (AvgIpc) is 2.48. The van der Waals surface area contributed by atoms with Crippen LogP contribution in [0.2, 0.25) is 0 Å². The van der Waals surface area contributed by atoms with Gasteiger partial charge < -0.3 is 25.0 Å². The minimum atomic E-state index is -1.38. The van der Waals surface area contributed by atoms with Crippen molar-refractivity contribution in [3.8, 4) is 0 Å². The lowest BCUT2D eigenvalue weighted by Gasteiger charge is -2.41. The molecule has 0 aliphatic carbocycles. The fourth-order valence-electron chi connectivity index (χ4n) is 2.32. The Morgan fingerprint density at radius 2 is 1.86 bits per heavy atom. The maximum absolute atomic E-state index is 12.1. The maximum atomic E-state index is 12.1. The first kappa shape index (κ1) is 16.4. The molecule has 22 heavy (non-hydrogen) atoms. The molecule has 7 nitrogen and oxygen atoms in total. The number of nitrogens with one attached hydrogen (secondary N) is 1. The maximum Gasteiger partial charge on any atom is 0.338 e. The number of carbonyl (C=O) groups is 2. The summed E-state index contributed by atoms with van der Waals surface area (Å²) in [6.07, 6.45) is -4.41. The Balaban J connectivity index is 2.18. The second-order valence-electron chi connectivity index (χ2n) is 5.18. The fourth-order valence-corrected chi connectivity index (χ4v) is 2.32. The van der Waals surface area contributed by atoms with E-state index in [-0.39, 0.29) is 0 Å². The van der Waals surface area contributed by atoms with Gasteiger partial charge in [-0.05, 0) is 19.1 Å². The fraction of sp³-hybridized carbons (Fsp3) is 0.467. The SMILES string of the molecule is CC(=O)N[C@@H]1[C@@H](OC(=O)c2ccccc2)[C@H](O)[C@@H](C)O[C@@H]1O. The van der Waals surface area contributed by atoms with Crippen LogP contribution < -0.4 is 5.32 Å². The highest BCUT2D eigenvalue weighted by atomic mass is 16.6. The van der Waals surface area contributed by atoms with Gasteiger partial charge in [0.1, 0.15) is 12.1 Å². The lowest BCUT2D eigenvalue weighted by molar-refractivity contribution is -0.242. The number of esters is 1. The number of hydrogen-bond donors (Lipinski definition) is 3. The summed E-state index contributed by atoms with van der Waals surface area (Å²) in [6.45, 7) is 2.80. The van der Waals surface area contributed by atoms with Gasteiger partial charge in [-0.25, -0.2) is 4.79 Å². The molecule has 0 bridgehead atoms. The van der Waals surface area contributed by atoms with Crippen LogP contribution in [0.1, 0.15) is 24.2 Å². The van der Waals surface area contributed by atoms with Crippen LogP contribution in [0, 0.1) is 0 Å². The highest BCUT2D eigenvalue weighted by Crippen LogP contribution is 2.23. The molecule has 1 saturated heterocycles. The molecule has 1 aliphatic rings. The monoisotopic (exact) mass is 309 g/mol. The van der Waals surface area contributed by atoms with E-state index in [2.05, 4.69) is 5.32 Å². The lowest BCUT2D eigenvalue weighted by atomic mass is 9.97. The summed E-state index contributed by atoms with van der Waals surface area (Å²) in [7, 11) is 0. The first-order valence-electron chi connectivity index (χ1n) is 6.95. The molecule has 1 heterocycles. The Morgan fingerprint density at radius 3 is 2.45 bits per heavy atom. The molecule has 0 radical (unpaired) electrons. The molecule has 1 aliphatic heterocycles. The predicted molar refractivity (Wildman–Crippen MR) is 75.8 cm³/mol. The number of rotatable bonds is 3. The molecular formula is C15H19NO6. The molecule has 3 N–H and O–H groups in total. The van der Waals surface area contributed by atoms with Crippen molar-refractivity contribution in [2.75, 3.05) is 0 Å². The average molecular weight is 309 g/mol. The van der Waals surface area contributed by atoms with Crippen molar-refractivity contribution in [1.82, 2.24) is 5.32 Å². The van der Waals surface area contributed by atoms with Crippen molar-refractivity contribution in [2.45, 2.75) is 44.5 Å². The van der Waals surface area contributed by atoms with E-state index in [9.17, 15) is 19.8 Å². The number of amides is 1. The molecule has 1 amide bonds. The highest BCUT2D eigenvalue weighted by molar-refractivity contribution is 5.89. The smallest absolute Gasteiger partial charge is 0.338 e. The molecule has 1 fully saturated rings. The van der Waals surface area contributed by atoms with Gasteiger partial charge >= 0.3 is 5.97 Å². The summed E-state index contributed by atoms with van der Waals surface area (Å²) in [6, 6.07) is 7.21. The van der Waals surface area contributed by atoms with E-state index < -0.39 is 42.5 Å². The zero-order valence-electron chi connectivity index (χ0n) is 12.3. The van der Waals surface area contributed by atoms with Crippen LogP contribution in [-0.4, -0.2) is 52.7 Å². The zero-order chi connectivity index (χ0) is 16.3. The summed E-state index contributed by atoms with van der Waals surface area (Å²) < 4.78 is 10.4. The minimum Gasteiger partial charge on any atom is -0.453 e. The molecule has 2 rings (SSSR count).